The van der Waals surface area contributed by atoms with Crippen molar-refractivity contribution in [3.8, 4) is 0 Å². The molecule has 1 heteroatoms. The third-order valence-electron chi connectivity index (χ3n) is 12.2. The average Bonchev–Trinajstić information content (AvgIpc) is 2.65. The van der Waals surface area contributed by atoms with Crippen LogP contribution in [0.2, 0.25) is 0 Å². The van der Waals surface area contributed by atoms with Crippen LogP contribution in [0.25, 0.3) is 0 Å². The topological polar surface area (TPSA) is 20.2 Å². The third-order valence-corrected chi connectivity index (χ3v) is 12.2. The molecule has 9 atom stereocenters. The predicted molar refractivity (Wildman–Crippen MR) is 121 cm³/mol. The third kappa shape index (κ3) is 2.55. The molecule has 0 spiro atoms. The van der Waals surface area contributed by atoms with E-state index in [0.29, 0.717) is 22.2 Å². The lowest BCUT2D eigenvalue weighted by atomic mass is 9.34. The van der Waals surface area contributed by atoms with E-state index in [2.05, 4.69) is 47.6 Å². The summed E-state index contributed by atoms with van der Waals surface area (Å²) in [5, 5.41) is 10.8. The SMILES string of the molecule is C[C@H]1CC[C@@H]2CC[C@@]3(C)C(=CCC4[C@@]5(C)CC[C@H](O)C(C)(C)C5CC[C@]43C)[C@@H]2C1. The van der Waals surface area contributed by atoms with E-state index in [1.165, 1.54) is 57.8 Å². The normalized spacial score (nSPS) is 56.3. The number of aliphatic hydroxyl groups is 1. The summed E-state index contributed by atoms with van der Waals surface area (Å²) in [5.41, 5.74) is 3.19. The molecular weight excluding hydrogens is 352 g/mol. The Bertz CT molecular complexity index is 705. The molecule has 0 aromatic heterocycles. The number of hydrogen-bond acceptors (Lipinski definition) is 1. The summed E-state index contributed by atoms with van der Waals surface area (Å²) in [7, 11) is 0. The van der Waals surface area contributed by atoms with Crippen LogP contribution in [0.3, 0.4) is 0 Å². The average molecular weight is 399 g/mol. The van der Waals surface area contributed by atoms with Crippen molar-refractivity contribution >= 4 is 0 Å². The lowest BCUT2D eigenvalue weighted by molar-refractivity contribution is -0.199. The summed E-state index contributed by atoms with van der Waals surface area (Å²) in [6.07, 6.45) is 16.2. The number of allylic oxidation sites excluding steroid dienone is 2. The first-order valence-electron chi connectivity index (χ1n) is 12.9. The van der Waals surface area contributed by atoms with Crippen molar-refractivity contribution in [1.82, 2.24) is 0 Å². The monoisotopic (exact) mass is 398 g/mol. The molecule has 0 saturated heterocycles. The molecule has 5 aliphatic carbocycles. The standard InChI is InChI=1S/C28H46O/c1-18-7-8-19-11-15-27(5)21(20(19)17-18)9-10-23-26(4)14-13-24(29)25(2,3)22(26)12-16-28(23,27)6/h9,18-20,22-24,29H,7-8,10-17H2,1-6H3/t18-,19+,20+,22?,23?,24-,26-,27-,28+/m0/s1. The van der Waals surface area contributed by atoms with E-state index in [0.717, 1.165) is 30.1 Å². The smallest absolute Gasteiger partial charge is 0.0594 e. The molecular formula is C28H46O. The van der Waals surface area contributed by atoms with Crippen LogP contribution < -0.4 is 0 Å². The molecule has 0 aromatic carbocycles. The van der Waals surface area contributed by atoms with Crippen LogP contribution in [-0.2, 0) is 0 Å². The van der Waals surface area contributed by atoms with E-state index >= 15 is 0 Å². The van der Waals surface area contributed by atoms with Gasteiger partial charge in [-0.25, -0.2) is 0 Å². The van der Waals surface area contributed by atoms with Gasteiger partial charge in [0.05, 0.1) is 6.10 Å². The fourth-order valence-corrected chi connectivity index (χ4v) is 10.2. The molecule has 2 unspecified atom stereocenters. The van der Waals surface area contributed by atoms with Gasteiger partial charge in [0.25, 0.3) is 0 Å². The second-order valence-electron chi connectivity index (χ2n) is 13.5. The van der Waals surface area contributed by atoms with Crippen LogP contribution in [0.4, 0.5) is 0 Å². The van der Waals surface area contributed by atoms with Gasteiger partial charge in [0.15, 0.2) is 0 Å². The van der Waals surface area contributed by atoms with E-state index < -0.39 is 0 Å². The molecule has 4 saturated carbocycles. The Hall–Kier alpha value is -0.300. The van der Waals surface area contributed by atoms with Crippen molar-refractivity contribution in [2.45, 2.75) is 112 Å². The molecule has 0 heterocycles. The lowest BCUT2D eigenvalue weighted by Gasteiger charge is -2.70. The van der Waals surface area contributed by atoms with Crippen LogP contribution in [0.15, 0.2) is 11.6 Å². The molecule has 0 radical (unpaired) electrons. The van der Waals surface area contributed by atoms with Crippen LogP contribution in [0.1, 0.15) is 106 Å². The minimum Gasteiger partial charge on any atom is -0.393 e. The van der Waals surface area contributed by atoms with Crippen LogP contribution in [-0.4, -0.2) is 11.2 Å². The van der Waals surface area contributed by atoms with Crippen molar-refractivity contribution in [3.63, 3.8) is 0 Å². The molecule has 164 valence electrons. The molecule has 0 bridgehead atoms. The fraction of sp³-hybridized carbons (Fsp3) is 0.929. The molecule has 1 nitrogen and oxygen atoms in total. The van der Waals surface area contributed by atoms with E-state index in [1.54, 1.807) is 0 Å². The van der Waals surface area contributed by atoms with Gasteiger partial charge < -0.3 is 5.11 Å². The summed E-state index contributed by atoms with van der Waals surface area (Å²) in [4.78, 5) is 0. The predicted octanol–water partition coefficient (Wildman–Crippen LogP) is 7.39. The van der Waals surface area contributed by atoms with E-state index in [1.807, 2.05) is 5.57 Å². The maximum atomic E-state index is 10.8. The zero-order chi connectivity index (χ0) is 20.8. The Labute approximate surface area is 180 Å². The second kappa shape index (κ2) is 6.36. The molecule has 0 amide bonds. The molecule has 29 heavy (non-hydrogen) atoms. The van der Waals surface area contributed by atoms with Crippen LogP contribution in [0, 0.1) is 51.2 Å². The van der Waals surface area contributed by atoms with E-state index in [4.69, 9.17) is 0 Å². The van der Waals surface area contributed by atoms with Crippen molar-refractivity contribution < 1.29 is 5.11 Å². The highest BCUT2D eigenvalue weighted by atomic mass is 16.3. The van der Waals surface area contributed by atoms with Crippen molar-refractivity contribution in [1.29, 1.82) is 0 Å². The number of hydrogen-bond donors (Lipinski definition) is 1. The Morgan fingerprint density at radius 2 is 1.62 bits per heavy atom. The van der Waals surface area contributed by atoms with Gasteiger partial charge in [-0.2, -0.15) is 0 Å². The van der Waals surface area contributed by atoms with Crippen molar-refractivity contribution in [3.05, 3.63) is 11.6 Å². The zero-order valence-corrected chi connectivity index (χ0v) is 20.1. The highest BCUT2D eigenvalue weighted by Crippen LogP contribution is 2.74. The number of fused-ring (bicyclic) bond motifs is 7. The quantitative estimate of drug-likeness (QED) is 0.422. The largest absolute Gasteiger partial charge is 0.393 e. The summed E-state index contributed by atoms with van der Waals surface area (Å²) >= 11 is 0. The van der Waals surface area contributed by atoms with Gasteiger partial charge in [0.1, 0.15) is 0 Å². The van der Waals surface area contributed by atoms with Crippen LogP contribution >= 0.6 is 0 Å². The van der Waals surface area contributed by atoms with Gasteiger partial charge in [-0.1, -0.05) is 59.6 Å². The minimum absolute atomic E-state index is 0.0652. The molecule has 1 N–H and O–H groups in total. The molecule has 0 aliphatic heterocycles. The minimum atomic E-state index is -0.116. The summed E-state index contributed by atoms with van der Waals surface area (Å²) in [6.45, 7) is 15.2. The van der Waals surface area contributed by atoms with Gasteiger partial charge in [0, 0.05) is 0 Å². The summed E-state index contributed by atoms with van der Waals surface area (Å²) < 4.78 is 0. The Morgan fingerprint density at radius 3 is 2.38 bits per heavy atom. The van der Waals surface area contributed by atoms with Crippen LogP contribution in [0.5, 0.6) is 0 Å². The van der Waals surface area contributed by atoms with E-state index in [9.17, 15) is 5.11 Å². The molecule has 5 aliphatic rings. The summed E-state index contributed by atoms with van der Waals surface area (Å²) in [6, 6.07) is 0. The molecule has 4 fully saturated rings. The number of aliphatic hydroxyl groups excluding tert-OH is 1. The fourth-order valence-electron chi connectivity index (χ4n) is 10.2. The van der Waals surface area contributed by atoms with Crippen molar-refractivity contribution in [2.24, 2.45) is 51.2 Å². The Balaban J connectivity index is 1.55. The highest BCUT2D eigenvalue weighted by Gasteiger charge is 2.66. The van der Waals surface area contributed by atoms with Gasteiger partial charge in [-0.3, -0.25) is 0 Å². The van der Waals surface area contributed by atoms with Gasteiger partial charge in [0.2, 0.25) is 0 Å². The second-order valence-corrected chi connectivity index (χ2v) is 13.5. The first-order valence-corrected chi connectivity index (χ1v) is 12.9. The van der Waals surface area contributed by atoms with E-state index in [-0.39, 0.29) is 11.5 Å². The van der Waals surface area contributed by atoms with Crippen molar-refractivity contribution in [2.75, 3.05) is 0 Å². The summed E-state index contributed by atoms with van der Waals surface area (Å²) in [5.74, 6) is 4.22. The number of rotatable bonds is 0. The lowest BCUT2D eigenvalue weighted by Crippen LogP contribution is -2.63. The van der Waals surface area contributed by atoms with Gasteiger partial charge in [-0.05, 0) is 109 Å². The Morgan fingerprint density at radius 1 is 0.862 bits per heavy atom. The maximum Gasteiger partial charge on any atom is 0.0594 e. The molecule has 5 rings (SSSR count). The Kier molecular flexibility index (Phi) is 4.52. The van der Waals surface area contributed by atoms with Gasteiger partial charge >= 0.3 is 0 Å². The highest BCUT2D eigenvalue weighted by molar-refractivity contribution is 5.31. The first-order chi connectivity index (χ1) is 13.5. The first kappa shape index (κ1) is 20.6. The molecule has 0 aromatic rings. The zero-order valence-electron chi connectivity index (χ0n) is 20.1. The van der Waals surface area contributed by atoms with Gasteiger partial charge in [-0.15, -0.1) is 0 Å². The maximum absolute atomic E-state index is 10.8.